The molecule has 1 amide bonds. The van der Waals surface area contributed by atoms with Gasteiger partial charge in [0.25, 0.3) is 0 Å². The van der Waals surface area contributed by atoms with Crippen LogP contribution in [0, 0.1) is 17.2 Å². The van der Waals surface area contributed by atoms with Crippen LogP contribution >= 0.6 is 0 Å². The summed E-state index contributed by atoms with van der Waals surface area (Å²) in [5, 5.41) is 32.8. The van der Waals surface area contributed by atoms with Crippen molar-refractivity contribution in [2.24, 2.45) is 21.8 Å². The first-order chi connectivity index (χ1) is 16.6. The summed E-state index contributed by atoms with van der Waals surface area (Å²) in [6.45, 7) is 6.44. The SMILES string of the molecule is CN=C(Nc1nc(CC(C)(C)O)n(CC2CCCCC2)c1C=N[C@H](C)C1CCC1)C(=N)NC(=O)O. The van der Waals surface area contributed by atoms with E-state index in [0.717, 1.165) is 30.9 Å². The first-order valence-electron chi connectivity index (χ1n) is 12.7. The maximum atomic E-state index is 11.1. The van der Waals surface area contributed by atoms with Crippen molar-refractivity contribution in [1.82, 2.24) is 14.9 Å². The van der Waals surface area contributed by atoms with Gasteiger partial charge in [-0.25, -0.2) is 9.78 Å². The molecule has 0 bridgehead atoms. The molecule has 10 heteroatoms. The number of aromatic nitrogens is 2. The topological polar surface area (TPSA) is 148 Å². The molecule has 0 saturated heterocycles. The zero-order valence-corrected chi connectivity index (χ0v) is 21.5. The standard InChI is InChI=1S/C25H41N7O3/c1-16(18-11-8-12-18)28-14-19-22(31-23(27-4)21(26)30-24(33)34)29-20(13-25(2,3)35)32(19)15-17-9-6-5-7-10-17/h14,16-18,35H,5-13,15H2,1-4H3,(H2,26,30)(H,27,31)(H,33,34)/t16-/m1/s1. The zero-order chi connectivity index (χ0) is 25.6. The molecular formula is C25H41N7O3. The number of amides is 1. The zero-order valence-electron chi connectivity index (χ0n) is 21.5. The minimum atomic E-state index is -1.33. The fourth-order valence-electron chi connectivity index (χ4n) is 4.83. The molecule has 1 aromatic rings. The number of nitrogens with one attached hydrogen (secondary N) is 3. The van der Waals surface area contributed by atoms with E-state index in [0.29, 0.717) is 24.1 Å². The number of hydrogen-bond acceptors (Lipinski definition) is 6. The number of carboxylic acid groups (broad SMARTS) is 1. The Morgan fingerprint density at radius 1 is 1.26 bits per heavy atom. The molecule has 0 aliphatic heterocycles. The minimum Gasteiger partial charge on any atom is -0.465 e. The van der Waals surface area contributed by atoms with Gasteiger partial charge < -0.3 is 20.1 Å². The lowest BCUT2D eigenvalue weighted by Gasteiger charge is -2.29. The fourth-order valence-corrected chi connectivity index (χ4v) is 4.83. The second-order valence-corrected chi connectivity index (χ2v) is 10.6. The third-order valence-corrected chi connectivity index (χ3v) is 7.04. The number of nitrogens with zero attached hydrogens (tertiary/aromatic N) is 4. The van der Waals surface area contributed by atoms with Gasteiger partial charge in [0, 0.05) is 26.2 Å². The second kappa shape index (κ2) is 11.8. The molecule has 1 atom stereocenters. The van der Waals surface area contributed by atoms with Gasteiger partial charge in [-0.15, -0.1) is 0 Å². The Kier molecular flexibility index (Phi) is 9.04. The summed E-state index contributed by atoms with van der Waals surface area (Å²) in [7, 11) is 1.49. The monoisotopic (exact) mass is 487 g/mol. The minimum absolute atomic E-state index is 0.0613. The molecule has 3 rings (SSSR count). The lowest BCUT2D eigenvalue weighted by molar-refractivity contribution is 0.0774. The Morgan fingerprint density at radius 3 is 2.49 bits per heavy atom. The van der Waals surface area contributed by atoms with Crippen molar-refractivity contribution < 1.29 is 15.0 Å². The molecule has 2 aliphatic rings. The Balaban J connectivity index is 2.01. The number of rotatable bonds is 8. The van der Waals surface area contributed by atoms with Gasteiger partial charge >= 0.3 is 6.09 Å². The lowest BCUT2D eigenvalue weighted by atomic mass is 9.81. The van der Waals surface area contributed by atoms with Crippen molar-refractivity contribution in [1.29, 1.82) is 5.41 Å². The number of carbonyl (C=O) groups is 1. The van der Waals surface area contributed by atoms with Crippen LogP contribution in [0.1, 0.15) is 83.7 Å². The molecule has 194 valence electrons. The van der Waals surface area contributed by atoms with Crippen LogP contribution in [0.5, 0.6) is 0 Å². The largest absolute Gasteiger partial charge is 0.465 e. The summed E-state index contributed by atoms with van der Waals surface area (Å²) in [6.07, 6.45) is 10.5. The van der Waals surface area contributed by atoms with E-state index in [1.807, 2.05) is 11.5 Å². The molecule has 2 fully saturated rings. The van der Waals surface area contributed by atoms with Gasteiger partial charge in [-0.05, 0) is 58.3 Å². The molecule has 0 unspecified atom stereocenters. The highest BCUT2D eigenvalue weighted by Crippen LogP contribution is 2.32. The number of hydrogen-bond donors (Lipinski definition) is 5. The number of aliphatic imine (C=N–C) groups is 2. The first-order valence-corrected chi connectivity index (χ1v) is 12.7. The molecule has 2 aliphatic carbocycles. The first kappa shape index (κ1) is 26.8. The van der Waals surface area contributed by atoms with Crippen LogP contribution in [0.4, 0.5) is 10.6 Å². The molecule has 10 nitrogen and oxygen atoms in total. The number of aliphatic hydroxyl groups is 1. The smallest absolute Gasteiger partial charge is 0.410 e. The van der Waals surface area contributed by atoms with Gasteiger partial charge in [-0.3, -0.25) is 20.7 Å². The van der Waals surface area contributed by atoms with Gasteiger partial charge in [0.05, 0.1) is 11.6 Å². The third kappa shape index (κ3) is 7.62. The average molecular weight is 488 g/mol. The summed E-state index contributed by atoms with van der Waals surface area (Å²) in [4.78, 5) is 24.8. The summed E-state index contributed by atoms with van der Waals surface area (Å²) < 4.78 is 2.15. The second-order valence-electron chi connectivity index (χ2n) is 10.6. The van der Waals surface area contributed by atoms with Crippen molar-refractivity contribution in [3.63, 3.8) is 0 Å². The molecule has 2 saturated carbocycles. The quantitative estimate of drug-likeness (QED) is 0.277. The normalized spacial score (nSPS) is 18.9. The predicted octanol–water partition coefficient (Wildman–Crippen LogP) is 4.07. The Morgan fingerprint density at radius 2 is 1.94 bits per heavy atom. The van der Waals surface area contributed by atoms with E-state index in [-0.39, 0.29) is 17.7 Å². The van der Waals surface area contributed by atoms with Crippen LogP contribution in [0.2, 0.25) is 0 Å². The average Bonchev–Trinajstić information content (AvgIpc) is 3.03. The molecular weight excluding hydrogens is 446 g/mol. The summed E-state index contributed by atoms with van der Waals surface area (Å²) in [5.74, 6) is 2.00. The maximum Gasteiger partial charge on any atom is 0.410 e. The van der Waals surface area contributed by atoms with E-state index in [4.69, 9.17) is 20.5 Å². The van der Waals surface area contributed by atoms with E-state index >= 15 is 0 Å². The molecule has 1 heterocycles. The predicted molar refractivity (Wildman–Crippen MR) is 139 cm³/mol. The Hall–Kier alpha value is -2.75. The van der Waals surface area contributed by atoms with Crippen LogP contribution in [-0.4, -0.2) is 62.4 Å². The van der Waals surface area contributed by atoms with E-state index < -0.39 is 11.7 Å². The molecule has 5 N–H and O–H groups in total. The van der Waals surface area contributed by atoms with Gasteiger partial charge in [0.1, 0.15) is 11.5 Å². The number of amidine groups is 2. The van der Waals surface area contributed by atoms with Crippen LogP contribution in [-0.2, 0) is 13.0 Å². The Labute approximate surface area is 207 Å². The van der Waals surface area contributed by atoms with Crippen LogP contribution < -0.4 is 10.6 Å². The highest BCUT2D eigenvalue weighted by Gasteiger charge is 2.27. The molecule has 35 heavy (non-hydrogen) atoms. The highest BCUT2D eigenvalue weighted by molar-refractivity contribution is 6.45. The van der Waals surface area contributed by atoms with Crippen LogP contribution in [0.3, 0.4) is 0 Å². The third-order valence-electron chi connectivity index (χ3n) is 7.04. The van der Waals surface area contributed by atoms with E-state index in [1.54, 1.807) is 13.8 Å². The van der Waals surface area contributed by atoms with Crippen molar-refractivity contribution >= 4 is 29.8 Å². The van der Waals surface area contributed by atoms with Crippen molar-refractivity contribution in [3.05, 3.63) is 11.5 Å². The van der Waals surface area contributed by atoms with Crippen LogP contribution in [0.25, 0.3) is 0 Å². The van der Waals surface area contributed by atoms with Gasteiger partial charge in [0.2, 0.25) is 0 Å². The molecule has 0 spiro atoms. The molecule has 0 aromatic carbocycles. The van der Waals surface area contributed by atoms with Crippen molar-refractivity contribution in [2.75, 3.05) is 12.4 Å². The number of anilines is 1. The van der Waals surface area contributed by atoms with Gasteiger partial charge in [0.15, 0.2) is 17.5 Å². The van der Waals surface area contributed by atoms with E-state index in [9.17, 15) is 9.90 Å². The van der Waals surface area contributed by atoms with Crippen LogP contribution in [0.15, 0.2) is 9.98 Å². The molecule has 0 radical (unpaired) electrons. The lowest BCUT2D eigenvalue weighted by Crippen LogP contribution is -2.38. The van der Waals surface area contributed by atoms with E-state index in [2.05, 4.69) is 21.8 Å². The van der Waals surface area contributed by atoms with Gasteiger partial charge in [-0.1, -0.05) is 25.7 Å². The Bertz CT molecular complexity index is 951. The summed E-state index contributed by atoms with van der Waals surface area (Å²) in [5.41, 5.74) is -0.190. The van der Waals surface area contributed by atoms with E-state index in [1.165, 1.54) is 45.6 Å². The van der Waals surface area contributed by atoms with Gasteiger partial charge in [-0.2, -0.15) is 0 Å². The van der Waals surface area contributed by atoms with Crippen molar-refractivity contribution in [3.8, 4) is 0 Å². The summed E-state index contributed by atoms with van der Waals surface area (Å²) >= 11 is 0. The fraction of sp³-hybridized carbons (Fsp3) is 0.720. The maximum absolute atomic E-state index is 11.1. The number of imidazole rings is 1. The highest BCUT2D eigenvalue weighted by atomic mass is 16.4. The van der Waals surface area contributed by atoms with Crippen molar-refractivity contribution in [2.45, 2.75) is 96.7 Å². The molecule has 1 aromatic heterocycles. The summed E-state index contributed by atoms with van der Waals surface area (Å²) in [6, 6.07) is 0.193.